The zero-order chi connectivity index (χ0) is 15.9. The predicted molar refractivity (Wildman–Crippen MR) is 94.4 cm³/mol. The first-order valence-electron chi connectivity index (χ1n) is 8.06. The molecule has 0 spiro atoms. The molecule has 0 atom stereocenters. The van der Waals surface area contributed by atoms with Crippen LogP contribution in [0, 0.1) is 0 Å². The molecular weight excluding hydrogens is 268 g/mol. The summed E-state index contributed by atoms with van der Waals surface area (Å²) in [6.07, 6.45) is 7.33. The Kier molecular flexibility index (Phi) is 3.78. The Balaban J connectivity index is 2.36. The number of pyridine rings is 1. The van der Waals surface area contributed by atoms with Crippen molar-refractivity contribution in [3.8, 4) is 0 Å². The molecule has 3 rings (SSSR count). The van der Waals surface area contributed by atoms with Gasteiger partial charge in [-0.25, -0.2) is 4.98 Å². The van der Waals surface area contributed by atoms with E-state index in [1.54, 1.807) is 0 Å². The summed E-state index contributed by atoms with van der Waals surface area (Å²) >= 11 is 0. The van der Waals surface area contributed by atoms with Gasteiger partial charge in [-0.15, -0.1) is 0 Å². The van der Waals surface area contributed by atoms with Gasteiger partial charge in [0.25, 0.3) is 0 Å². The molecule has 0 bridgehead atoms. The zero-order valence-corrected chi connectivity index (χ0v) is 13.7. The molecule has 22 heavy (non-hydrogen) atoms. The number of aromatic nitrogens is 1. The van der Waals surface area contributed by atoms with E-state index in [2.05, 4.69) is 44.6 Å². The summed E-state index contributed by atoms with van der Waals surface area (Å²) in [7, 11) is 0. The first-order valence-corrected chi connectivity index (χ1v) is 8.06. The van der Waals surface area contributed by atoms with Crippen molar-refractivity contribution in [1.29, 1.82) is 0 Å². The zero-order valence-electron chi connectivity index (χ0n) is 13.7. The predicted octanol–water partition coefficient (Wildman–Crippen LogP) is 2.92. The fourth-order valence-electron chi connectivity index (χ4n) is 3.74. The minimum absolute atomic E-state index is 0.902. The van der Waals surface area contributed by atoms with Crippen LogP contribution in [0.4, 0.5) is 0 Å². The maximum absolute atomic E-state index is 4.87. The van der Waals surface area contributed by atoms with E-state index in [0.29, 0.717) is 0 Å². The number of rotatable bonds is 3. The van der Waals surface area contributed by atoms with Crippen LogP contribution in [0.5, 0.6) is 0 Å². The van der Waals surface area contributed by atoms with Crippen LogP contribution in [0.15, 0.2) is 30.9 Å². The maximum Gasteiger partial charge on any atom is 0.0923 e. The van der Waals surface area contributed by atoms with Gasteiger partial charge in [0.2, 0.25) is 0 Å². The highest BCUT2D eigenvalue weighted by Gasteiger charge is 2.28. The van der Waals surface area contributed by atoms with Crippen molar-refractivity contribution in [2.75, 3.05) is 6.54 Å². The summed E-state index contributed by atoms with van der Waals surface area (Å²) in [4.78, 5) is 7.24. The summed E-state index contributed by atoms with van der Waals surface area (Å²) < 4.78 is 0. The quantitative estimate of drug-likeness (QED) is 0.851. The highest BCUT2D eigenvalue weighted by Crippen LogP contribution is 2.33. The number of fused-ring (bicyclic) bond motifs is 3. The number of hydrogen-bond acceptors (Lipinski definition) is 2. The molecule has 114 valence electrons. The van der Waals surface area contributed by atoms with Crippen molar-refractivity contribution in [2.45, 2.75) is 39.7 Å². The van der Waals surface area contributed by atoms with Gasteiger partial charge in [-0.2, -0.15) is 0 Å². The molecule has 0 saturated heterocycles. The average molecular weight is 292 g/mol. The highest BCUT2D eigenvalue weighted by molar-refractivity contribution is 5.72. The largest absolute Gasteiger partial charge is 0.366 e. The third kappa shape index (κ3) is 2.14. The molecule has 1 aliphatic heterocycles. The number of allylic oxidation sites excluding steroid dienone is 3. The average Bonchev–Trinajstić information content (AvgIpc) is 2.85. The van der Waals surface area contributed by atoms with Gasteiger partial charge >= 0.3 is 0 Å². The molecule has 1 aromatic rings. The molecule has 2 heteroatoms. The normalized spacial score (nSPS) is 18.4. The van der Waals surface area contributed by atoms with E-state index < -0.39 is 0 Å². The molecule has 0 amide bonds. The van der Waals surface area contributed by atoms with Gasteiger partial charge in [0, 0.05) is 23.9 Å². The Morgan fingerprint density at radius 1 is 1.32 bits per heavy atom. The second-order valence-electron chi connectivity index (χ2n) is 6.15. The molecule has 0 fully saturated rings. The Labute approximate surface area is 132 Å². The third-order valence-electron chi connectivity index (χ3n) is 4.75. The standard InChI is InChI=1S/C20H24N2/c1-6-9-18-20-17(12-22(18)7-2)16-11-8-10-15(13(3)4)19(16)14(5)21-20/h6,9H,1,3,5,7-8,10-12H2,2,4H3/b18-9-. The van der Waals surface area contributed by atoms with Crippen LogP contribution in [0.1, 0.15) is 43.5 Å². The Morgan fingerprint density at radius 2 is 2.09 bits per heavy atom. The van der Waals surface area contributed by atoms with E-state index in [1.807, 2.05) is 6.08 Å². The molecule has 1 aromatic heterocycles. The summed E-state index contributed by atoms with van der Waals surface area (Å²) in [6, 6.07) is 0. The van der Waals surface area contributed by atoms with Crippen LogP contribution in [0.3, 0.4) is 0 Å². The van der Waals surface area contributed by atoms with Gasteiger partial charge in [0.15, 0.2) is 0 Å². The van der Waals surface area contributed by atoms with Crippen molar-refractivity contribution in [2.24, 2.45) is 0 Å². The van der Waals surface area contributed by atoms with Crippen LogP contribution < -0.4 is 10.6 Å². The molecule has 0 unspecified atom stereocenters. The van der Waals surface area contributed by atoms with Gasteiger partial charge in [-0.1, -0.05) is 31.4 Å². The lowest BCUT2D eigenvalue weighted by Crippen LogP contribution is -2.37. The highest BCUT2D eigenvalue weighted by atomic mass is 15.2. The number of hydrogen-bond donors (Lipinski definition) is 0. The van der Waals surface area contributed by atoms with Gasteiger partial charge in [0.05, 0.1) is 16.7 Å². The van der Waals surface area contributed by atoms with Crippen molar-refractivity contribution >= 4 is 17.8 Å². The minimum Gasteiger partial charge on any atom is -0.366 e. The lowest BCUT2D eigenvalue weighted by molar-refractivity contribution is 0.431. The van der Waals surface area contributed by atoms with Gasteiger partial charge in [-0.3, -0.25) is 0 Å². The third-order valence-corrected chi connectivity index (χ3v) is 4.75. The van der Waals surface area contributed by atoms with Crippen molar-refractivity contribution in [1.82, 2.24) is 9.88 Å². The van der Waals surface area contributed by atoms with E-state index in [1.165, 1.54) is 34.0 Å². The first-order chi connectivity index (χ1) is 10.6. The molecule has 0 aromatic carbocycles. The van der Waals surface area contributed by atoms with Crippen molar-refractivity contribution in [3.05, 3.63) is 58.3 Å². The van der Waals surface area contributed by atoms with Crippen molar-refractivity contribution < 1.29 is 0 Å². The molecule has 0 N–H and O–H groups in total. The minimum atomic E-state index is 0.902. The van der Waals surface area contributed by atoms with Crippen LogP contribution in [-0.4, -0.2) is 16.4 Å². The monoisotopic (exact) mass is 292 g/mol. The second-order valence-corrected chi connectivity index (χ2v) is 6.15. The summed E-state index contributed by atoms with van der Waals surface area (Å²) in [6.45, 7) is 18.5. The topological polar surface area (TPSA) is 16.1 Å². The molecule has 0 radical (unpaired) electrons. The molecule has 1 aliphatic carbocycles. The molecule has 2 aliphatic rings. The number of nitrogens with zero attached hydrogens (tertiary/aromatic N) is 2. The molecule has 2 heterocycles. The molecular formula is C20H24N2. The Hall–Kier alpha value is -2.09. The summed E-state index contributed by atoms with van der Waals surface area (Å²) in [5.41, 5.74) is 7.63. The summed E-state index contributed by atoms with van der Waals surface area (Å²) in [5.74, 6) is 0. The van der Waals surface area contributed by atoms with Gasteiger partial charge < -0.3 is 4.90 Å². The van der Waals surface area contributed by atoms with E-state index in [9.17, 15) is 0 Å². The SMILES string of the molecule is C=C/C=C1/c2nc(=C)c3c(c2CN1CC)CCCC=3C(=C)C. The van der Waals surface area contributed by atoms with Crippen molar-refractivity contribution in [3.63, 3.8) is 0 Å². The first kappa shape index (κ1) is 14.8. The van der Waals surface area contributed by atoms with E-state index >= 15 is 0 Å². The van der Waals surface area contributed by atoms with Crippen LogP contribution in [-0.2, 0) is 13.0 Å². The van der Waals surface area contributed by atoms with E-state index in [-0.39, 0.29) is 0 Å². The van der Waals surface area contributed by atoms with Crippen LogP contribution in [0.25, 0.3) is 17.8 Å². The lowest BCUT2D eigenvalue weighted by Gasteiger charge is -2.19. The van der Waals surface area contributed by atoms with Crippen LogP contribution >= 0.6 is 0 Å². The fourth-order valence-corrected chi connectivity index (χ4v) is 3.74. The lowest BCUT2D eigenvalue weighted by atomic mass is 9.87. The maximum atomic E-state index is 4.87. The van der Waals surface area contributed by atoms with Crippen LogP contribution in [0.2, 0.25) is 0 Å². The molecule has 2 nitrogen and oxygen atoms in total. The fraction of sp³-hybridized carbons (Fsp3) is 0.350. The summed E-state index contributed by atoms with van der Waals surface area (Å²) in [5, 5.41) is 2.17. The smallest absolute Gasteiger partial charge is 0.0923 e. The Bertz CT molecular complexity index is 796. The van der Waals surface area contributed by atoms with E-state index in [4.69, 9.17) is 4.98 Å². The molecule has 0 saturated carbocycles. The van der Waals surface area contributed by atoms with Gasteiger partial charge in [0.1, 0.15) is 0 Å². The van der Waals surface area contributed by atoms with E-state index in [0.717, 1.165) is 42.5 Å². The van der Waals surface area contributed by atoms with Gasteiger partial charge in [-0.05, 0) is 50.3 Å². The second kappa shape index (κ2) is 5.60. The Morgan fingerprint density at radius 3 is 2.73 bits per heavy atom.